The van der Waals surface area contributed by atoms with Gasteiger partial charge in [0.2, 0.25) is 4.33 Å². The van der Waals surface area contributed by atoms with Crippen LogP contribution >= 0.6 is 23.2 Å². The topological polar surface area (TPSA) is 47.4 Å². The van der Waals surface area contributed by atoms with Crippen LogP contribution in [0.15, 0.2) is 42.1 Å². The third kappa shape index (κ3) is 2.49. The second-order valence-corrected chi connectivity index (χ2v) is 7.87. The molecule has 7 heteroatoms. The molecule has 1 aromatic heterocycles. The summed E-state index contributed by atoms with van der Waals surface area (Å²) in [5, 5.41) is 4.50. The highest BCUT2D eigenvalue weighted by Gasteiger charge is 2.53. The van der Waals surface area contributed by atoms with Gasteiger partial charge in [-0.1, -0.05) is 41.4 Å². The fraction of sp³-hybridized carbons (Fsp3) is 0.333. The largest absolute Gasteiger partial charge is 0.423 e. The van der Waals surface area contributed by atoms with Crippen molar-refractivity contribution < 1.29 is 9.53 Å². The number of esters is 1. The molecule has 0 fully saturated rings. The molecule has 1 unspecified atom stereocenters. The molecule has 2 heterocycles. The number of fused-ring (bicyclic) bond motifs is 2. The lowest BCUT2D eigenvalue weighted by Crippen LogP contribution is -2.53. The van der Waals surface area contributed by atoms with Crippen LogP contribution in [0.2, 0.25) is 0 Å². The van der Waals surface area contributed by atoms with E-state index in [0.29, 0.717) is 12.2 Å². The molecule has 1 aliphatic heterocycles. The lowest BCUT2D eigenvalue weighted by atomic mass is 9.87. The Morgan fingerprint density at radius 2 is 1.96 bits per heavy atom. The standard InChI is InChI=1S/C18H17Cl2N3O2/c1-22(2)16-12-8-9-14-13(15(12)25-17(24)18(16,19)20)10-21-23(14)11-6-4-3-5-7-11/h3-7,10,16H,8-9H2,1-2H3. The summed E-state index contributed by atoms with van der Waals surface area (Å²) >= 11 is 12.7. The van der Waals surface area contributed by atoms with Crippen molar-refractivity contribution in [1.82, 2.24) is 14.7 Å². The van der Waals surface area contributed by atoms with Crippen molar-refractivity contribution in [3.63, 3.8) is 0 Å². The quantitative estimate of drug-likeness (QED) is 0.595. The van der Waals surface area contributed by atoms with Crippen LogP contribution in [0.4, 0.5) is 0 Å². The Morgan fingerprint density at radius 1 is 1.24 bits per heavy atom. The number of hydrogen-bond donors (Lipinski definition) is 0. The molecule has 5 nitrogen and oxygen atoms in total. The van der Waals surface area contributed by atoms with Gasteiger partial charge in [0, 0.05) is 0 Å². The molecule has 2 aliphatic rings. The van der Waals surface area contributed by atoms with Gasteiger partial charge in [-0.3, -0.25) is 4.90 Å². The summed E-state index contributed by atoms with van der Waals surface area (Å²) in [4.78, 5) is 14.3. The first-order valence-electron chi connectivity index (χ1n) is 8.03. The average molecular weight is 378 g/mol. The Balaban J connectivity index is 1.85. The summed E-state index contributed by atoms with van der Waals surface area (Å²) in [5.41, 5.74) is 3.76. The van der Waals surface area contributed by atoms with Crippen LogP contribution in [0.5, 0.6) is 0 Å². The van der Waals surface area contributed by atoms with E-state index in [1.54, 1.807) is 6.20 Å². The summed E-state index contributed by atoms with van der Waals surface area (Å²) < 4.78 is 5.83. The molecular formula is C18H17Cl2N3O2. The Bertz CT molecular complexity index is 872. The number of hydrogen-bond acceptors (Lipinski definition) is 4. The van der Waals surface area contributed by atoms with E-state index in [1.165, 1.54) is 0 Å². The molecular weight excluding hydrogens is 361 g/mol. The number of likely N-dealkylation sites (N-methyl/N-ethyl adjacent to an activating group) is 1. The third-order valence-corrected chi connectivity index (χ3v) is 5.42. The number of carbonyl (C=O) groups excluding carboxylic acids is 1. The summed E-state index contributed by atoms with van der Waals surface area (Å²) in [6.45, 7) is 0. The molecule has 25 heavy (non-hydrogen) atoms. The first-order chi connectivity index (χ1) is 11.9. The molecule has 2 aromatic rings. The molecule has 0 radical (unpaired) electrons. The zero-order chi connectivity index (χ0) is 17.8. The van der Waals surface area contributed by atoms with Gasteiger partial charge < -0.3 is 4.74 Å². The van der Waals surface area contributed by atoms with Crippen LogP contribution in [0.25, 0.3) is 11.4 Å². The van der Waals surface area contributed by atoms with Gasteiger partial charge >= 0.3 is 5.97 Å². The van der Waals surface area contributed by atoms with E-state index < -0.39 is 16.3 Å². The minimum atomic E-state index is -1.62. The number of nitrogens with zero attached hydrogens (tertiary/aromatic N) is 3. The number of benzene rings is 1. The van der Waals surface area contributed by atoms with E-state index in [9.17, 15) is 4.79 Å². The second-order valence-electron chi connectivity index (χ2n) is 6.49. The second kappa shape index (κ2) is 5.87. The fourth-order valence-corrected chi connectivity index (χ4v) is 4.37. The van der Waals surface area contributed by atoms with Crippen LogP contribution in [0.3, 0.4) is 0 Å². The van der Waals surface area contributed by atoms with E-state index in [4.69, 9.17) is 27.9 Å². The number of para-hydroxylation sites is 1. The van der Waals surface area contributed by atoms with Gasteiger partial charge in [-0.25, -0.2) is 9.48 Å². The highest BCUT2D eigenvalue weighted by Crippen LogP contribution is 2.46. The molecule has 0 spiro atoms. The Hall–Kier alpha value is -1.82. The van der Waals surface area contributed by atoms with Gasteiger partial charge in [0.25, 0.3) is 0 Å². The van der Waals surface area contributed by atoms with Crippen LogP contribution < -0.4 is 0 Å². The predicted molar refractivity (Wildman–Crippen MR) is 96.8 cm³/mol. The molecule has 1 atom stereocenters. The van der Waals surface area contributed by atoms with Crippen LogP contribution in [0, 0.1) is 0 Å². The lowest BCUT2D eigenvalue weighted by molar-refractivity contribution is -0.139. The van der Waals surface area contributed by atoms with Crippen molar-refractivity contribution in [3.05, 3.63) is 53.4 Å². The van der Waals surface area contributed by atoms with Crippen LogP contribution in [0.1, 0.15) is 17.7 Å². The Labute approximate surface area is 155 Å². The zero-order valence-corrected chi connectivity index (χ0v) is 15.4. The van der Waals surface area contributed by atoms with Crippen molar-refractivity contribution in [1.29, 1.82) is 0 Å². The zero-order valence-electron chi connectivity index (χ0n) is 13.9. The number of rotatable bonds is 2. The molecule has 0 bridgehead atoms. The van der Waals surface area contributed by atoms with E-state index in [0.717, 1.165) is 28.9 Å². The number of carbonyl (C=O) groups is 1. The first kappa shape index (κ1) is 16.6. The maximum Gasteiger partial charge on any atom is 0.350 e. The molecule has 0 amide bonds. The van der Waals surface area contributed by atoms with Crippen molar-refractivity contribution in [2.45, 2.75) is 23.2 Å². The van der Waals surface area contributed by atoms with Crippen molar-refractivity contribution >= 4 is 34.9 Å². The predicted octanol–water partition coefficient (Wildman–Crippen LogP) is 3.19. The smallest absolute Gasteiger partial charge is 0.350 e. The third-order valence-electron chi connectivity index (χ3n) is 4.69. The molecule has 0 saturated carbocycles. The fourth-order valence-electron chi connectivity index (χ4n) is 3.64. The van der Waals surface area contributed by atoms with Crippen molar-refractivity contribution in [2.75, 3.05) is 14.1 Å². The molecule has 4 rings (SSSR count). The van der Waals surface area contributed by atoms with E-state index >= 15 is 0 Å². The monoisotopic (exact) mass is 377 g/mol. The maximum atomic E-state index is 12.4. The van der Waals surface area contributed by atoms with E-state index in [2.05, 4.69) is 5.10 Å². The van der Waals surface area contributed by atoms with Crippen molar-refractivity contribution in [2.24, 2.45) is 0 Å². The van der Waals surface area contributed by atoms with Gasteiger partial charge in [0.15, 0.2) is 0 Å². The molecule has 1 aromatic carbocycles. The minimum absolute atomic E-state index is 0.430. The summed E-state index contributed by atoms with van der Waals surface area (Å²) in [6.07, 6.45) is 3.22. The summed E-state index contributed by atoms with van der Waals surface area (Å²) in [5.74, 6) is -0.0994. The average Bonchev–Trinajstić information content (AvgIpc) is 3.00. The van der Waals surface area contributed by atoms with Gasteiger partial charge in [0.05, 0.1) is 29.2 Å². The van der Waals surface area contributed by atoms with Gasteiger partial charge in [0.1, 0.15) is 5.76 Å². The number of ether oxygens (including phenoxy) is 1. The number of alkyl halides is 2. The SMILES string of the molecule is CN(C)C1C2=C(OC(=O)C1(Cl)Cl)c1cnn(-c3ccccc3)c1CC2. The van der Waals surface area contributed by atoms with E-state index in [-0.39, 0.29) is 0 Å². The van der Waals surface area contributed by atoms with Gasteiger partial charge in [-0.05, 0) is 44.6 Å². The number of halogens is 2. The highest BCUT2D eigenvalue weighted by atomic mass is 35.5. The van der Waals surface area contributed by atoms with Gasteiger partial charge in [-0.15, -0.1) is 0 Å². The molecule has 0 saturated heterocycles. The van der Waals surface area contributed by atoms with Crippen molar-refractivity contribution in [3.8, 4) is 5.69 Å². The minimum Gasteiger partial charge on any atom is -0.423 e. The first-order valence-corrected chi connectivity index (χ1v) is 8.79. The van der Waals surface area contributed by atoms with Gasteiger partial charge in [-0.2, -0.15) is 5.10 Å². The molecule has 130 valence electrons. The maximum absolute atomic E-state index is 12.4. The molecule has 0 N–H and O–H groups in total. The van der Waals surface area contributed by atoms with Crippen LogP contribution in [-0.2, 0) is 16.0 Å². The van der Waals surface area contributed by atoms with E-state index in [1.807, 2.05) is 54.0 Å². The normalized spacial score (nSPS) is 21.8. The summed E-state index contributed by atoms with van der Waals surface area (Å²) in [6, 6.07) is 9.46. The highest BCUT2D eigenvalue weighted by molar-refractivity contribution is 6.58. The summed E-state index contributed by atoms with van der Waals surface area (Å²) in [7, 11) is 3.71. The Kier molecular flexibility index (Phi) is 3.90. The van der Waals surface area contributed by atoms with Crippen LogP contribution in [-0.4, -0.2) is 45.1 Å². The number of aromatic nitrogens is 2. The lowest BCUT2D eigenvalue weighted by Gasteiger charge is -2.40. The molecule has 1 aliphatic carbocycles. The Morgan fingerprint density at radius 3 is 2.64 bits per heavy atom.